The number of rotatable bonds is 4. The van der Waals surface area contributed by atoms with Gasteiger partial charge >= 0.3 is 0 Å². The van der Waals surface area contributed by atoms with Crippen LogP contribution in [-0.2, 0) is 0 Å². The van der Waals surface area contributed by atoms with Crippen LogP contribution in [0.1, 0.15) is 33.4 Å². The Bertz CT molecular complexity index is 1060. The highest BCUT2D eigenvalue weighted by Crippen LogP contribution is 2.37. The molecule has 28 heavy (non-hydrogen) atoms. The summed E-state index contributed by atoms with van der Waals surface area (Å²) >= 11 is 6.16. The number of aryl methyl sites for hydroxylation is 2. The average Bonchev–Trinajstić information content (AvgIpc) is 3.28. The Morgan fingerprint density at radius 2 is 2.18 bits per heavy atom. The van der Waals surface area contributed by atoms with Crippen molar-refractivity contribution in [3.05, 3.63) is 64.3 Å². The second-order valence-corrected chi connectivity index (χ2v) is 7.06. The minimum absolute atomic E-state index is 0.254. The van der Waals surface area contributed by atoms with Gasteiger partial charge in [0.25, 0.3) is 5.91 Å². The lowest BCUT2D eigenvalue weighted by Crippen LogP contribution is -2.30. The van der Waals surface area contributed by atoms with E-state index in [1.54, 1.807) is 23.0 Å². The normalized spacial score (nSPS) is 15.1. The third-order valence-corrected chi connectivity index (χ3v) is 4.82. The molecule has 144 valence electrons. The van der Waals surface area contributed by atoms with Crippen molar-refractivity contribution in [3.63, 3.8) is 0 Å². The van der Waals surface area contributed by atoms with Gasteiger partial charge in [-0.2, -0.15) is 0 Å². The molecule has 1 amide bonds. The highest BCUT2D eigenvalue weighted by Gasteiger charge is 2.28. The number of nitrogens with one attached hydrogen (secondary N) is 1. The van der Waals surface area contributed by atoms with E-state index >= 15 is 0 Å². The Morgan fingerprint density at radius 1 is 1.36 bits per heavy atom. The predicted octanol–water partition coefficient (Wildman–Crippen LogP) is 3.41. The maximum absolute atomic E-state index is 12.8. The van der Waals surface area contributed by atoms with E-state index in [1.807, 2.05) is 32.2 Å². The first-order chi connectivity index (χ1) is 13.5. The van der Waals surface area contributed by atoms with E-state index in [-0.39, 0.29) is 17.6 Å². The summed E-state index contributed by atoms with van der Waals surface area (Å²) in [4.78, 5) is 21.3. The Kier molecular flexibility index (Phi) is 4.68. The molecule has 1 aliphatic rings. The Balaban J connectivity index is 1.58. The number of nitrogens with zero attached hydrogens (tertiary/aromatic N) is 3. The number of methoxy groups -OCH3 is 1. The van der Waals surface area contributed by atoms with Crippen LogP contribution in [0.2, 0.25) is 5.02 Å². The van der Waals surface area contributed by atoms with E-state index < -0.39 is 0 Å². The number of imidazole rings is 1. The van der Waals surface area contributed by atoms with Crippen molar-refractivity contribution in [1.82, 2.24) is 19.9 Å². The van der Waals surface area contributed by atoms with Crippen LogP contribution in [0.15, 0.2) is 36.8 Å². The summed E-state index contributed by atoms with van der Waals surface area (Å²) in [6, 6.07) is 6.81. The first kappa shape index (κ1) is 18.3. The standard InChI is InChI=1S/C20H19ClN4O3/c1-11-6-13(21)7-14-16(9-28-18(11)14)23-19(26)15-4-5-17(20(24-15)27-3)25-8-12(2)22-10-25/h4-8,10,16H,9H2,1-3H3,(H,23,26). The summed E-state index contributed by atoms with van der Waals surface area (Å²) in [6.45, 7) is 4.18. The number of hydrogen-bond donors (Lipinski definition) is 1. The zero-order valence-electron chi connectivity index (χ0n) is 15.7. The van der Waals surface area contributed by atoms with Crippen LogP contribution in [0.3, 0.4) is 0 Å². The van der Waals surface area contributed by atoms with E-state index in [9.17, 15) is 4.79 Å². The van der Waals surface area contributed by atoms with Crippen molar-refractivity contribution in [1.29, 1.82) is 0 Å². The van der Waals surface area contributed by atoms with Crippen molar-refractivity contribution >= 4 is 17.5 Å². The molecule has 1 aromatic carbocycles. The molecule has 0 saturated heterocycles. The molecule has 0 saturated carbocycles. The molecule has 2 aromatic heterocycles. The molecule has 0 bridgehead atoms. The Morgan fingerprint density at radius 3 is 2.89 bits per heavy atom. The molecule has 3 heterocycles. The van der Waals surface area contributed by atoms with Gasteiger partial charge in [0.1, 0.15) is 23.7 Å². The van der Waals surface area contributed by atoms with E-state index in [0.717, 1.165) is 22.6 Å². The van der Waals surface area contributed by atoms with Crippen molar-refractivity contribution in [2.75, 3.05) is 13.7 Å². The van der Waals surface area contributed by atoms with E-state index in [1.165, 1.54) is 7.11 Å². The van der Waals surface area contributed by atoms with Crippen LogP contribution in [0, 0.1) is 13.8 Å². The zero-order chi connectivity index (χ0) is 19.8. The molecule has 0 spiro atoms. The fraction of sp³-hybridized carbons (Fsp3) is 0.250. The molecule has 0 fully saturated rings. The summed E-state index contributed by atoms with van der Waals surface area (Å²) in [6.07, 6.45) is 3.53. The van der Waals surface area contributed by atoms with Crippen LogP contribution in [0.5, 0.6) is 11.6 Å². The number of benzene rings is 1. The van der Waals surface area contributed by atoms with Gasteiger partial charge in [0.05, 0.1) is 25.2 Å². The monoisotopic (exact) mass is 398 g/mol. The lowest BCUT2D eigenvalue weighted by Gasteiger charge is -2.13. The molecule has 3 aromatic rings. The van der Waals surface area contributed by atoms with Gasteiger partial charge in [-0.1, -0.05) is 11.6 Å². The molecule has 1 aliphatic heterocycles. The third kappa shape index (κ3) is 3.29. The van der Waals surface area contributed by atoms with Crippen LogP contribution >= 0.6 is 11.6 Å². The summed E-state index contributed by atoms with van der Waals surface area (Å²) in [5.41, 5.74) is 3.65. The number of fused-ring (bicyclic) bond motifs is 1. The molecule has 0 radical (unpaired) electrons. The molecule has 4 rings (SSSR count). The molecule has 1 N–H and O–H groups in total. The van der Waals surface area contributed by atoms with Crippen LogP contribution < -0.4 is 14.8 Å². The first-order valence-electron chi connectivity index (χ1n) is 8.76. The van der Waals surface area contributed by atoms with Gasteiger partial charge in [0.2, 0.25) is 5.88 Å². The molecule has 1 atom stereocenters. The molecule has 8 heteroatoms. The topological polar surface area (TPSA) is 78.3 Å². The van der Waals surface area contributed by atoms with Crippen molar-refractivity contribution in [2.45, 2.75) is 19.9 Å². The first-order valence-corrected chi connectivity index (χ1v) is 9.13. The van der Waals surface area contributed by atoms with Gasteiger partial charge in [-0.05, 0) is 43.7 Å². The molecule has 0 aliphatic carbocycles. The van der Waals surface area contributed by atoms with E-state index in [0.29, 0.717) is 23.2 Å². The number of carbonyl (C=O) groups is 1. The molecule has 1 unspecified atom stereocenters. The Labute approximate surface area is 167 Å². The van der Waals surface area contributed by atoms with Crippen molar-refractivity contribution in [3.8, 4) is 17.3 Å². The lowest BCUT2D eigenvalue weighted by atomic mass is 10.1. The fourth-order valence-corrected chi connectivity index (χ4v) is 3.56. The van der Waals surface area contributed by atoms with Crippen LogP contribution in [0.4, 0.5) is 0 Å². The maximum atomic E-state index is 12.8. The van der Waals surface area contributed by atoms with Crippen LogP contribution in [-0.4, -0.2) is 34.2 Å². The summed E-state index contributed by atoms with van der Waals surface area (Å²) < 4.78 is 12.9. The number of aromatic nitrogens is 3. The number of pyridine rings is 1. The summed E-state index contributed by atoms with van der Waals surface area (Å²) in [7, 11) is 1.52. The quantitative estimate of drug-likeness (QED) is 0.728. The molecular formula is C20H19ClN4O3. The smallest absolute Gasteiger partial charge is 0.270 e. The number of halogens is 1. The van der Waals surface area contributed by atoms with Gasteiger partial charge in [0.15, 0.2) is 0 Å². The maximum Gasteiger partial charge on any atom is 0.270 e. The minimum atomic E-state index is -0.314. The second kappa shape index (κ2) is 7.16. The predicted molar refractivity (Wildman–Crippen MR) is 105 cm³/mol. The summed E-state index contributed by atoms with van der Waals surface area (Å²) in [5.74, 6) is 0.795. The van der Waals surface area contributed by atoms with Crippen LogP contribution in [0.25, 0.3) is 5.69 Å². The Hall–Kier alpha value is -3.06. The van der Waals surface area contributed by atoms with E-state index in [2.05, 4.69) is 15.3 Å². The van der Waals surface area contributed by atoms with Crippen molar-refractivity contribution < 1.29 is 14.3 Å². The zero-order valence-corrected chi connectivity index (χ0v) is 16.4. The van der Waals surface area contributed by atoms with Gasteiger partial charge in [-0.25, -0.2) is 9.97 Å². The molecule has 7 nitrogen and oxygen atoms in total. The second-order valence-electron chi connectivity index (χ2n) is 6.63. The van der Waals surface area contributed by atoms with Gasteiger partial charge < -0.3 is 19.4 Å². The lowest BCUT2D eigenvalue weighted by molar-refractivity contribution is 0.0924. The highest BCUT2D eigenvalue weighted by atomic mass is 35.5. The minimum Gasteiger partial charge on any atom is -0.490 e. The van der Waals surface area contributed by atoms with Gasteiger partial charge in [0, 0.05) is 16.8 Å². The SMILES string of the molecule is COc1nc(C(=O)NC2COc3c(C)cc(Cl)cc32)ccc1-n1cnc(C)c1. The third-order valence-electron chi connectivity index (χ3n) is 4.60. The van der Waals surface area contributed by atoms with Crippen molar-refractivity contribution in [2.24, 2.45) is 0 Å². The van der Waals surface area contributed by atoms with Gasteiger partial charge in [-0.15, -0.1) is 0 Å². The number of carbonyl (C=O) groups excluding carboxylic acids is 1. The molecular weight excluding hydrogens is 380 g/mol. The number of hydrogen-bond acceptors (Lipinski definition) is 5. The summed E-state index contributed by atoms with van der Waals surface area (Å²) in [5, 5.41) is 3.57. The number of amides is 1. The number of ether oxygens (including phenoxy) is 2. The highest BCUT2D eigenvalue weighted by molar-refractivity contribution is 6.30. The average molecular weight is 399 g/mol. The fourth-order valence-electron chi connectivity index (χ4n) is 3.28. The van der Waals surface area contributed by atoms with E-state index in [4.69, 9.17) is 21.1 Å². The van der Waals surface area contributed by atoms with Gasteiger partial charge in [-0.3, -0.25) is 4.79 Å². The largest absolute Gasteiger partial charge is 0.490 e.